The van der Waals surface area contributed by atoms with E-state index in [4.69, 9.17) is 5.11 Å². The average molecular weight is 205 g/mol. The van der Waals surface area contributed by atoms with Gasteiger partial charge in [0.15, 0.2) is 0 Å². The van der Waals surface area contributed by atoms with Crippen LogP contribution in [0, 0.1) is 5.92 Å². The van der Waals surface area contributed by atoms with Crippen molar-refractivity contribution in [2.45, 2.75) is 38.5 Å². The Kier molecular flexibility index (Phi) is 6.16. The highest BCUT2D eigenvalue weighted by Gasteiger charge is 2.18. The molecule has 0 radical (unpaired) electrons. The molecular weight excluding hydrogens is 186 g/mol. The molecule has 0 rings (SSSR count). The zero-order chi connectivity index (χ0) is 10.4. The van der Waals surface area contributed by atoms with E-state index in [9.17, 15) is 4.79 Å². The molecule has 78 valence electrons. The number of amides is 1. The molecule has 0 fully saturated rings. The highest BCUT2D eigenvalue weighted by Crippen LogP contribution is 2.09. The van der Waals surface area contributed by atoms with E-state index >= 15 is 0 Å². The molecule has 0 aromatic heterocycles. The summed E-state index contributed by atoms with van der Waals surface area (Å²) < 4.78 is 0. The van der Waals surface area contributed by atoms with Gasteiger partial charge in [-0.05, 0) is 19.3 Å². The van der Waals surface area contributed by atoms with Crippen molar-refractivity contribution < 1.29 is 9.90 Å². The van der Waals surface area contributed by atoms with Crippen molar-refractivity contribution in [1.82, 2.24) is 5.32 Å². The van der Waals surface area contributed by atoms with E-state index in [0.29, 0.717) is 6.42 Å². The van der Waals surface area contributed by atoms with Gasteiger partial charge in [0.2, 0.25) is 5.91 Å². The molecule has 2 N–H and O–H groups in total. The Hall–Kier alpha value is -0.220. The van der Waals surface area contributed by atoms with E-state index < -0.39 is 0 Å². The summed E-state index contributed by atoms with van der Waals surface area (Å²) in [6, 6.07) is 0.0194. The molecule has 0 aliphatic heterocycles. The predicted octanol–water partition coefficient (Wildman–Crippen LogP) is 0.828. The quantitative estimate of drug-likeness (QED) is 0.582. The number of thiol groups is 1. The number of nitrogens with one attached hydrogen (secondary N) is 1. The van der Waals surface area contributed by atoms with E-state index in [0.717, 1.165) is 0 Å². The maximum absolute atomic E-state index is 11.4. The third kappa shape index (κ3) is 5.16. The van der Waals surface area contributed by atoms with E-state index in [-0.39, 0.29) is 29.7 Å². The minimum absolute atomic E-state index is 0.0194. The molecule has 0 aromatic carbocycles. The van der Waals surface area contributed by atoms with E-state index in [2.05, 4.69) is 17.9 Å². The van der Waals surface area contributed by atoms with E-state index in [1.165, 1.54) is 0 Å². The highest BCUT2D eigenvalue weighted by atomic mass is 32.1. The summed E-state index contributed by atoms with van der Waals surface area (Å²) in [7, 11) is 0. The lowest BCUT2D eigenvalue weighted by Gasteiger charge is -2.18. The number of aliphatic hydroxyl groups excluding tert-OH is 1. The van der Waals surface area contributed by atoms with Crippen molar-refractivity contribution in [3.63, 3.8) is 0 Å². The fourth-order valence-corrected chi connectivity index (χ4v) is 0.971. The lowest BCUT2D eigenvalue weighted by molar-refractivity contribution is -0.121. The highest BCUT2D eigenvalue weighted by molar-refractivity contribution is 7.81. The van der Waals surface area contributed by atoms with E-state index in [1.54, 1.807) is 0 Å². The molecule has 0 aromatic rings. The van der Waals surface area contributed by atoms with Crippen molar-refractivity contribution in [3.8, 4) is 0 Å². The summed E-state index contributed by atoms with van der Waals surface area (Å²) >= 11 is 4.19. The van der Waals surface area contributed by atoms with Crippen molar-refractivity contribution in [2.24, 2.45) is 5.92 Å². The molecule has 4 heteroatoms. The SMILES string of the molecule is CC(CCO)NC(=O)C(S)C(C)C. The topological polar surface area (TPSA) is 49.3 Å². The summed E-state index contributed by atoms with van der Waals surface area (Å²) in [4.78, 5) is 11.4. The zero-order valence-electron chi connectivity index (χ0n) is 8.45. The summed E-state index contributed by atoms with van der Waals surface area (Å²) in [6.07, 6.45) is 0.588. The first-order chi connectivity index (χ1) is 5.99. The van der Waals surface area contributed by atoms with Crippen molar-refractivity contribution in [1.29, 1.82) is 0 Å². The molecule has 0 heterocycles. The predicted molar refractivity (Wildman–Crippen MR) is 56.9 cm³/mol. The molecule has 0 saturated heterocycles. The number of hydrogen-bond acceptors (Lipinski definition) is 3. The summed E-state index contributed by atoms with van der Waals surface area (Å²) in [5, 5.41) is 11.2. The summed E-state index contributed by atoms with van der Waals surface area (Å²) in [5.41, 5.74) is 0. The van der Waals surface area contributed by atoms with Crippen LogP contribution >= 0.6 is 12.6 Å². The number of aliphatic hydroxyl groups is 1. The Morgan fingerprint density at radius 2 is 2.00 bits per heavy atom. The van der Waals surface area contributed by atoms with Crippen LogP contribution in [0.4, 0.5) is 0 Å². The van der Waals surface area contributed by atoms with Crippen LogP contribution in [-0.2, 0) is 4.79 Å². The first-order valence-electron chi connectivity index (χ1n) is 4.58. The van der Waals surface area contributed by atoms with Crippen molar-refractivity contribution in [2.75, 3.05) is 6.61 Å². The number of hydrogen-bond donors (Lipinski definition) is 3. The smallest absolute Gasteiger partial charge is 0.233 e. The third-order valence-electron chi connectivity index (χ3n) is 1.85. The molecule has 2 unspecified atom stereocenters. The molecule has 13 heavy (non-hydrogen) atoms. The first kappa shape index (κ1) is 12.8. The van der Waals surface area contributed by atoms with Gasteiger partial charge in [0.05, 0.1) is 5.25 Å². The summed E-state index contributed by atoms with van der Waals surface area (Å²) in [5.74, 6) is 0.170. The molecule has 1 amide bonds. The molecule has 0 aliphatic carbocycles. The van der Waals surface area contributed by atoms with Gasteiger partial charge in [0.25, 0.3) is 0 Å². The molecular formula is C9H19NO2S. The fourth-order valence-electron chi connectivity index (χ4n) is 0.897. The average Bonchev–Trinajstić information content (AvgIpc) is 2.03. The van der Waals surface area contributed by atoms with Gasteiger partial charge in [-0.1, -0.05) is 13.8 Å². The number of carbonyl (C=O) groups is 1. The van der Waals surface area contributed by atoms with Crippen LogP contribution in [0.25, 0.3) is 0 Å². The van der Waals surface area contributed by atoms with Crippen LogP contribution in [0.1, 0.15) is 27.2 Å². The Balaban J connectivity index is 3.85. The minimum Gasteiger partial charge on any atom is -0.396 e. The third-order valence-corrected chi connectivity index (χ3v) is 2.68. The van der Waals surface area contributed by atoms with E-state index in [1.807, 2.05) is 20.8 Å². The number of carbonyl (C=O) groups excluding carboxylic acids is 1. The second-order valence-corrected chi connectivity index (χ2v) is 4.17. The standard InChI is InChI=1S/C9H19NO2S/c1-6(2)8(13)9(12)10-7(3)4-5-11/h6-8,11,13H,4-5H2,1-3H3,(H,10,12). The number of rotatable bonds is 5. The Labute approximate surface area is 85.3 Å². The van der Waals surface area contributed by atoms with Gasteiger partial charge in [-0.3, -0.25) is 4.79 Å². The van der Waals surface area contributed by atoms with Gasteiger partial charge in [0, 0.05) is 12.6 Å². The van der Waals surface area contributed by atoms with Crippen LogP contribution < -0.4 is 5.32 Å². The van der Waals surface area contributed by atoms with Crippen LogP contribution in [0.3, 0.4) is 0 Å². The van der Waals surface area contributed by atoms with Gasteiger partial charge in [-0.25, -0.2) is 0 Å². The molecule has 0 saturated carbocycles. The van der Waals surface area contributed by atoms with Crippen LogP contribution in [0.5, 0.6) is 0 Å². The second kappa shape index (κ2) is 6.27. The van der Waals surface area contributed by atoms with Gasteiger partial charge < -0.3 is 10.4 Å². The zero-order valence-corrected chi connectivity index (χ0v) is 9.34. The van der Waals surface area contributed by atoms with Crippen LogP contribution in [-0.4, -0.2) is 28.9 Å². The largest absolute Gasteiger partial charge is 0.396 e. The van der Waals surface area contributed by atoms with Gasteiger partial charge in [0.1, 0.15) is 0 Å². The molecule has 2 atom stereocenters. The first-order valence-corrected chi connectivity index (χ1v) is 5.10. The lowest BCUT2D eigenvalue weighted by atomic mass is 10.1. The Bertz CT molecular complexity index is 162. The Morgan fingerprint density at radius 3 is 2.38 bits per heavy atom. The van der Waals surface area contributed by atoms with Gasteiger partial charge >= 0.3 is 0 Å². The summed E-state index contributed by atoms with van der Waals surface area (Å²) in [6.45, 7) is 5.87. The molecule has 0 spiro atoms. The minimum atomic E-state index is -0.263. The van der Waals surface area contributed by atoms with Crippen LogP contribution in [0.2, 0.25) is 0 Å². The second-order valence-electron chi connectivity index (χ2n) is 3.61. The van der Waals surface area contributed by atoms with Gasteiger partial charge in [-0.2, -0.15) is 12.6 Å². The normalized spacial score (nSPS) is 15.5. The fraction of sp³-hybridized carbons (Fsp3) is 0.889. The molecule has 0 bridgehead atoms. The maximum Gasteiger partial charge on any atom is 0.233 e. The molecule has 3 nitrogen and oxygen atoms in total. The monoisotopic (exact) mass is 205 g/mol. The van der Waals surface area contributed by atoms with Crippen LogP contribution in [0.15, 0.2) is 0 Å². The van der Waals surface area contributed by atoms with Gasteiger partial charge in [-0.15, -0.1) is 0 Å². The lowest BCUT2D eigenvalue weighted by Crippen LogP contribution is -2.40. The molecule has 0 aliphatic rings. The maximum atomic E-state index is 11.4. The van der Waals surface area contributed by atoms with Crippen molar-refractivity contribution >= 4 is 18.5 Å². The van der Waals surface area contributed by atoms with Crippen molar-refractivity contribution in [3.05, 3.63) is 0 Å². The Morgan fingerprint density at radius 1 is 1.46 bits per heavy atom.